The molecular formula is C19H27F3N6O. The molecule has 1 aliphatic rings. The van der Waals surface area contributed by atoms with Gasteiger partial charge in [-0.15, -0.1) is 0 Å². The maximum Gasteiger partial charge on any atom is 0.435 e. The highest BCUT2D eigenvalue weighted by atomic mass is 19.4. The van der Waals surface area contributed by atoms with E-state index in [1.54, 1.807) is 11.8 Å². The second-order valence-corrected chi connectivity index (χ2v) is 7.46. The largest absolute Gasteiger partial charge is 0.435 e. The summed E-state index contributed by atoms with van der Waals surface area (Å²) in [5.41, 5.74) is 1.67. The minimum absolute atomic E-state index is 0.209. The lowest BCUT2D eigenvalue weighted by Gasteiger charge is -2.36. The van der Waals surface area contributed by atoms with Crippen LogP contribution in [0.2, 0.25) is 0 Å². The molecule has 2 aromatic heterocycles. The molecule has 1 fully saturated rings. The number of hydrogen-bond acceptors (Lipinski definition) is 4. The van der Waals surface area contributed by atoms with Gasteiger partial charge < -0.3 is 4.90 Å². The first-order valence-electron chi connectivity index (χ1n) is 9.77. The van der Waals surface area contributed by atoms with Crippen molar-refractivity contribution in [3.8, 4) is 0 Å². The van der Waals surface area contributed by atoms with Crippen LogP contribution in [-0.2, 0) is 24.1 Å². The van der Waals surface area contributed by atoms with E-state index < -0.39 is 17.9 Å². The first-order chi connectivity index (χ1) is 13.6. The van der Waals surface area contributed by atoms with E-state index in [4.69, 9.17) is 0 Å². The summed E-state index contributed by atoms with van der Waals surface area (Å²) in [5, 5.41) is 7.98. The third-order valence-electron chi connectivity index (χ3n) is 5.52. The number of halogens is 3. The van der Waals surface area contributed by atoms with Crippen LogP contribution in [0.4, 0.5) is 13.2 Å². The zero-order chi connectivity index (χ0) is 21.3. The van der Waals surface area contributed by atoms with Gasteiger partial charge in [-0.25, -0.2) is 0 Å². The van der Waals surface area contributed by atoms with Gasteiger partial charge in [-0.3, -0.25) is 19.1 Å². The standard InChI is InChI=1S/C19H27F3N6O/c1-5-27-14(3)16(11-23-27)12-25-6-8-26(9-7-25)18(29)15(4)28-13(2)10-17(24-28)19(20,21)22/h10-11,15H,5-9,12H2,1-4H3/t15-/m0/s1. The second-order valence-electron chi connectivity index (χ2n) is 7.46. The Labute approximate surface area is 168 Å². The van der Waals surface area contributed by atoms with Gasteiger partial charge in [-0.2, -0.15) is 23.4 Å². The highest BCUT2D eigenvalue weighted by molar-refractivity contribution is 5.80. The molecule has 1 aliphatic heterocycles. The topological polar surface area (TPSA) is 59.2 Å². The quantitative estimate of drug-likeness (QED) is 0.758. The van der Waals surface area contributed by atoms with Crippen molar-refractivity contribution in [1.82, 2.24) is 29.4 Å². The van der Waals surface area contributed by atoms with E-state index in [2.05, 4.69) is 22.0 Å². The zero-order valence-electron chi connectivity index (χ0n) is 17.2. The van der Waals surface area contributed by atoms with Crippen molar-refractivity contribution in [2.45, 2.75) is 53.0 Å². The molecule has 0 spiro atoms. The maximum atomic E-state index is 12.9. The fourth-order valence-corrected chi connectivity index (χ4v) is 3.71. The van der Waals surface area contributed by atoms with Gasteiger partial charge >= 0.3 is 6.18 Å². The molecule has 3 rings (SSSR count). The molecule has 1 atom stereocenters. The number of aryl methyl sites for hydroxylation is 2. The molecule has 1 saturated heterocycles. The van der Waals surface area contributed by atoms with E-state index in [0.717, 1.165) is 24.8 Å². The molecule has 160 valence electrons. The van der Waals surface area contributed by atoms with Crippen molar-refractivity contribution in [1.29, 1.82) is 0 Å². The summed E-state index contributed by atoms with van der Waals surface area (Å²) in [6.45, 7) is 11.3. The van der Waals surface area contributed by atoms with Crippen LogP contribution in [0.3, 0.4) is 0 Å². The van der Waals surface area contributed by atoms with E-state index in [1.165, 1.54) is 17.2 Å². The third kappa shape index (κ3) is 4.47. The lowest BCUT2D eigenvalue weighted by molar-refractivity contribution is -0.143. The Morgan fingerprint density at radius 2 is 1.86 bits per heavy atom. The molecule has 0 radical (unpaired) electrons. The van der Waals surface area contributed by atoms with Crippen molar-refractivity contribution in [3.63, 3.8) is 0 Å². The highest BCUT2D eigenvalue weighted by Crippen LogP contribution is 2.29. The first-order valence-corrected chi connectivity index (χ1v) is 9.77. The van der Waals surface area contributed by atoms with Crippen LogP contribution in [0, 0.1) is 13.8 Å². The van der Waals surface area contributed by atoms with Gasteiger partial charge in [0.05, 0.1) is 6.20 Å². The lowest BCUT2D eigenvalue weighted by Crippen LogP contribution is -2.50. The minimum Gasteiger partial charge on any atom is -0.338 e. The maximum absolute atomic E-state index is 12.9. The van der Waals surface area contributed by atoms with E-state index in [1.807, 2.05) is 17.8 Å². The lowest BCUT2D eigenvalue weighted by atomic mass is 10.2. The molecule has 0 unspecified atom stereocenters. The summed E-state index contributed by atoms with van der Waals surface area (Å²) in [6.07, 6.45) is -2.63. The molecule has 10 heteroatoms. The van der Waals surface area contributed by atoms with Gasteiger partial charge in [0.1, 0.15) is 6.04 Å². The molecular weight excluding hydrogens is 385 g/mol. The Morgan fingerprint density at radius 3 is 2.38 bits per heavy atom. The Kier molecular flexibility index (Phi) is 6.02. The van der Waals surface area contributed by atoms with E-state index >= 15 is 0 Å². The molecule has 1 amide bonds. The van der Waals surface area contributed by atoms with E-state index in [9.17, 15) is 18.0 Å². The van der Waals surface area contributed by atoms with Crippen LogP contribution < -0.4 is 0 Å². The van der Waals surface area contributed by atoms with Crippen LogP contribution in [0.25, 0.3) is 0 Å². The smallest absolute Gasteiger partial charge is 0.338 e. The van der Waals surface area contributed by atoms with Gasteiger partial charge in [0.15, 0.2) is 5.69 Å². The number of aromatic nitrogens is 4. The average Bonchev–Trinajstić information content (AvgIpc) is 3.24. The highest BCUT2D eigenvalue weighted by Gasteiger charge is 2.36. The minimum atomic E-state index is -4.52. The van der Waals surface area contributed by atoms with Gasteiger partial charge in [0.25, 0.3) is 0 Å². The van der Waals surface area contributed by atoms with E-state index in [-0.39, 0.29) is 5.91 Å². The molecule has 7 nitrogen and oxygen atoms in total. The van der Waals surface area contributed by atoms with Gasteiger partial charge in [0, 0.05) is 56.2 Å². The Balaban J connectivity index is 1.59. The van der Waals surface area contributed by atoms with E-state index in [0.29, 0.717) is 31.9 Å². The number of alkyl halides is 3. The number of carbonyl (C=O) groups is 1. The normalized spacial score (nSPS) is 17.0. The number of hydrogen-bond donors (Lipinski definition) is 0. The SMILES string of the molecule is CCn1ncc(CN2CCN(C(=O)[C@H](C)n3nc(C(F)(F)F)cc3C)CC2)c1C. The number of carbonyl (C=O) groups excluding carboxylic acids is 1. The summed E-state index contributed by atoms with van der Waals surface area (Å²) in [7, 11) is 0. The van der Waals surface area contributed by atoms with Crippen molar-refractivity contribution in [2.75, 3.05) is 26.2 Å². The Hall–Kier alpha value is -2.36. The molecule has 0 saturated carbocycles. The van der Waals surface area contributed by atoms with Crippen LogP contribution in [0.5, 0.6) is 0 Å². The number of rotatable bonds is 5. The Morgan fingerprint density at radius 1 is 1.21 bits per heavy atom. The fraction of sp³-hybridized carbons (Fsp3) is 0.632. The summed E-state index contributed by atoms with van der Waals surface area (Å²) < 4.78 is 41.8. The fourth-order valence-electron chi connectivity index (χ4n) is 3.71. The molecule has 29 heavy (non-hydrogen) atoms. The molecule has 0 bridgehead atoms. The molecule has 3 heterocycles. The average molecular weight is 412 g/mol. The first kappa shape index (κ1) is 21.4. The predicted molar refractivity (Wildman–Crippen MR) is 101 cm³/mol. The summed E-state index contributed by atoms with van der Waals surface area (Å²) in [6, 6.07) is 0.197. The second kappa shape index (κ2) is 8.17. The van der Waals surface area contributed by atoms with Crippen molar-refractivity contribution >= 4 is 5.91 Å². The number of amides is 1. The molecule has 2 aromatic rings. The van der Waals surface area contributed by atoms with Gasteiger partial charge in [0.2, 0.25) is 5.91 Å². The molecule has 0 N–H and O–H groups in total. The monoisotopic (exact) mass is 412 g/mol. The van der Waals surface area contributed by atoms with Gasteiger partial charge in [-0.1, -0.05) is 0 Å². The van der Waals surface area contributed by atoms with Crippen LogP contribution in [0.1, 0.15) is 42.5 Å². The van der Waals surface area contributed by atoms with Crippen molar-refractivity contribution in [2.24, 2.45) is 0 Å². The summed E-state index contributed by atoms with van der Waals surface area (Å²) >= 11 is 0. The van der Waals surface area contributed by atoms with Crippen LogP contribution >= 0.6 is 0 Å². The van der Waals surface area contributed by atoms with Crippen LogP contribution in [-0.4, -0.2) is 61.4 Å². The van der Waals surface area contributed by atoms with Gasteiger partial charge in [-0.05, 0) is 33.8 Å². The number of piperazine rings is 1. The van der Waals surface area contributed by atoms with Crippen molar-refractivity contribution < 1.29 is 18.0 Å². The summed E-state index contributed by atoms with van der Waals surface area (Å²) in [4.78, 5) is 16.8. The third-order valence-corrected chi connectivity index (χ3v) is 5.52. The van der Waals surface area contributed by atoms with Crippen molar-refractivity contribution in [3.05, 3.63) is 34.9 Å². The zero-order valence-corrected chi connectivity index (χ0v) is 17.2. The summed E-state index contributed by atoms with van der Waals surface area (Å²) in [5.74, 6) is -0.209. The molecule has 0 aromatic carbocycles. The predicted octanol–water partition coefficient (Wildman–Crippen LogP) is 2.64. The Bertz CT molecular complexity index is 864. The van der Waals surface area contributed by atoms with Crippen LogP contribution in [0.15, 0.2) is 12.3 Å². The number of nitrogens with zero attached hydrogens (tertiary/aromatic N) is 6. The molecule has 0 aliphatic carbocycles.